The normalized spacial score (nSPS) is 16.1. The number of halogens is 1. The third-order valence-electron chi connectivity index (χ3n) is 4.96. The Balaban J connectivity index is 1.65. The van der Waals surface area contributed by atoms with Crippen LogP contribution in [0.15, 0.2) is 48.5 Å². The summed E-state index contributed by atoms with van der Waals surface area (Å²) in [4.78, 5) is 21.7. The number of fused-ring (bicyclic) bond motifs is 1. The second kappa shape index (κ2) is 6.91. The second-order valence-electron chi connectivity index (χ2n) is 7.03. The van der Waals surface area contributed by atoms with Gasteiger partial charge in [0.05, 0.1) is 17.0 Å². The number of carbonyl (C=O) groups excluding carboxylic acids is 1. The van der Waals surface area contributed by atoms with Crippen LogP contribution in [0.3, 0.4) is 0 Å². The van der Waals surface area contributed by atoms with Crippen LogP contribution in [0.4, 0.5) is 16.0 Å². The number of nitrogens with zero attached hydrogens (tertiary/aromatic N) is 2. The van der Waals surface area contributed by atoms with E-state index in [1.54, 1.807) is 12.1 Å². The molecule has 27 heavy (non-hydrogen) atoms. The van der Waals surface area contributed by atoms with Crippen LogP contribution in [0.25, 0.3) is 0 Å². The lowest BCUT2D eigenvalue weighted by Crippen LogP contribution is -2.22. The van der Waals surface area contributed by atoms with Gasteiger partial charge in [0.25, 0.3) is 0 Å². The van der Waals surface area contributed by atoms with Gasteiger partial charge in [-0.25, -0.2) is 14.4 Å². The van der Waals surface area contributed by atoms with Crippen molar-refractivity contribution in [3.63, 3.8) is 0 Å². The number of nitrogens with one attached hydrogen (secondary N) is 1. The van der Waals surface area contributed by atoms with E-state index in [0.29, 0.717) is 35.7 Å². The molecule has 2 aromatic carbocycles. The molecule has 1 aliphatic carbocycles. The number of aromatic nitrogens is 2. The van der Waals surface area contributed by atoms with Crippen molar-refractivity contribution < 1.29 is 9.18 Å². The van der Waals surface area contributed by atoms with E-state index in [1.807, 2.05) is 6.92 Å². The third kappa shape index (κ3) is 3.58. The molecule has 0 fully saturated rings. The van der Waals surface area contributed by atoms with Crippen LogP contribution < -0.4 is 5.32 Å². The van der Waals surface area contributed by atoms with Crippen molar-refractivity contribution in [3.05, 3.63) is 82.4 Å². The quantitative estimate of drug-likeness (QED) is 0.722. The highest BCUT2D eigenvalue weighted by Gasteiger charge is 2.29. The van der Waals surface area contributed by atoms with Crippen molar-refractivity contribution in [2.24, 2.45) is 0 Å². The van der Waals surface area contributed by atoms with Crippen LogP contribution in [0.2, 0.25) is 0 Å². The lowest BCUT2D eigenvalue weighted by molar-refractivity contribution is 0.0962. The van der Waals surface area contributed by atoms with Gasteiger partial charge in [0.15, 0.2) is 5.78 Å². The minimum atomic E-state index is -0.297. The van der Waals surface area contributed by atoms with Crippen molar-refractivity contribution in [2.75, 3.05) is 5.32 Å². The van der Waals surface area contributed by atoms with Crippen molar-refractivity contribution >= 4 is 17.4 Å². The highest BCUT2D eigenvalue weighted by molar-refractivity contribution is 5.99. The van der Waals surface area contributed by atoms with Crippen LogP contribution in [0, 0.1) is 19.7 Å². The number of rotatable bonds is 3. The van der Waals surface area contributed by atoms with Crippen LogP contribution in [-0.2, 0) is 6.42 Å². The first-order chi connectivity index (χ1) is 13.0. The summed E-state index contributed by atoms with van der Waals surface area (Å²) in [5.74, 6) is 0.344. The summed E-state index contributed by atoms with van der Waals surface area (Å²) in [7, 11) is 0. The Kier molecular flexibility index (Phi) is 4.44. The van der Waals surface area contributed by atoms with Crippen molar-refractivity contribution in [1.29, 1.82) is 0 Å². The molecular formula is C22H20FN3O. The minimum absolute atomic E-state index is 0.0904. The second-order valence-corrected chi connectivity index (χ2v) is 7.03. The Bertz CT molecular complexity index is 997. The minimum Gasteiger partial charge on any atom is -0.324 e. The predicted octanol–water partition coefficient (Wildman–Crippen LogP) is 4.89. The molecule has 3 aromatic rings. The Labute approximate surface area is 157 Å². The SMILES string of the molecule is Cc1ccc([C@H]2CC(=O)c3c(C)nc(Nc4ccc(F)cc4)nc3C2)cc1. The van der Waals surface area contributed by atoms with Gasteiger partial charge in [-0.1, -0.05) is 29.8 Å². The number of Topliss-reactive ketones (excluding diaryl/α,β-unsaturated/α-hetero) is 1. The Morgan fingerprint density at radius 2 is 1.67 bits per heavy atom. The monoisotopic (exact) mass is 361 g/mol. The zero-order chi connectivity index (χ0) is 19.0. The molecule has 4 rings (SSSR count). The highest BCUT2D eigenvalue weighted by Crippen LogP contribution is 2.33. The van der Waals surface area contributed by atoms with E-state index < -0.39 is 0 Å². The molecule has 5 heteroatoms. The first kappa shape index (κ1) is 17.3. The first-order valence-electron chi connectivity index (χ1n) is 8.99. The largest absolute Gasteiger partial charge is 0.324 e. The van der Waals surface area contributed by atoms with Crippen LogP contribution in [0.1, 0.15) is 45.2 Å². The first-order valence-corrected chi connectivity index (χ1v) is 8.99. The van der Waals surface area contributed by atoms with Gasteiger partial charge in [0, 0.05) is 12.1 Å². The Hall–Kier alpha value is -3.08. The molecule has 136 valence electrons. The highest BCUT2D eigenvalue weighted by atomic mass is 19.1. The lowest BCUT2D eigenvalue weighted by atomic mass is 9.81. The maximum absolute atomic E-state index is 13.1. The molecule has 0 saturated heterocycles. The van der Waals surface area contributed by atoms with Crippen LogP contribution in [-0.4, -0.2) is 15.8 Å². The standard InChI is InChI=1S/C22H20FN3O/c1-13-3-5-15(6-4-13)16-11-19-21(20(27)12-16)14(2)24-22(26-19)25-18-9-7-17(23)8-10-18/h3-10,16H,11-12H2,1-2H3,(H,24,25,26)/t16-/m1/s1. The molecule has 1 atom stereocenters. The molecule has 0 radical (unpaired) electrons. The molecule has 0 unspecified atom stereocenters. The zero-order valence-electron chi connectivity index (χ0n) is 15.3. The van der Waals surface area contributed by atoms with E-state index in [4.69, 9.17) is 0 Å². The van der Waals surface area contributed by atoms with Gasteiger partial charge in [-0.3, -0.25) is 4.79 Å². The van der Waals surface area contributed by atoms with E-state index in [0.717, 1.165) is 11.3 Å². The molecular weight excluding hydrogens is 341 g/mol. The summed E-state index contributed by atoms with van der Waals surface area (Å²) in [6.07, 6.45) is 1.18. The number of hydrogen-bond acceptors (Lipinski definition) is 4. The fraction of sp³-hybridized carbons (Fsp3) is 0.227. The lowest BCUT2D eigenvalue weighted by Gasteiger charge is -2.24. The summed E-state index contributed by atoms with van der Waals surface area (Å²) in [6, 6.07) is 14.3. The third-order valence-corrected chi connectivity index (χ3v) is 4.96. The van der Waals surface area contributed by atoms with Gasteiger partial charge in [0.1, 0.15) is 5.82 Å². The van der Waals surface area contributed by atoms with Crippen molar-refractivity contribution in [1.82, 2.24) is 9.97 Å². The Morgan fingerprint density at radius 3 is 2.37 bits per heavy atom. The van der Waals surface area contributed by atoms with Gasteiger partial charge in [0.2, 0.25) is 5.95 Å². The fourth-order valence-corrected chi connectivity index (χ4v) is 3.57. The van der Waals surface area contributed by atoms with Gasteiger partial charge in [-0.15, -0.1) is 0 Å². The summed E-state index contributed by atoms with van der Waals surface area (Å²) >= 11 is 0. The topological polar surface area (TPSA) is 54.9 Å². The summed E-state index contributed by atoms with van der Waals surface area (Å²) in [5.41, 5.74) is 5.15. The van der Waals surface area contributed by atoms with E-state index in [9.17, 15) is 9.18 Å². The molecule has 0 saturated carbocycles. The molecule has 4 nitrogen and oxygen atoms in total. The smallest absolute Gasteiger partial charge is 0.227 e. The number of benzene rings is 2. The van der Waals surface area contributed by atoms with Crippen molar-refractivity contribution in [3.8, 4) is 0 Å². The van der Waals surface area contributed by atoms with Gasteiger partial charge in [-0.2, -0.15) is 0 Å². The van der Waals surface area contributed by atoms with E-state index in [1.165, 1.54) is 17.7 Å². The number of ketones is 1. The molecule has 1 heterocycles. The summed E-state index contributed by atoms with van der Waals surface area (Å²) in [5, 5.41) is 3.10. The number of hydrogen-bond donors (Lipinski definition) is 1. The maximum Gasteiger partial charge on any atom is 0.227 e. The molecule has 0 amide bonds. The van der Waals surface area contributed by atoms with Gasteiger partial charge >= 0.3 is 0 Å². The predicted molar refractivity (Wildman–Crippen MR) is 103 cm³/mol. The van der Waals surface area contributed by atoms with Gasteiger partial charge in [-0.05, 0) is 56.0 Å². The number of anilines is 2. The van der Waals surface area contributed by atoms with E-state index >= 15 is 0 Å². The van der Waals surface area contributed by atoms with Crippen LogP contribution in [0.5, 0.6) is 0 Å². The van der Waals surface area contributed by atoms with E-state index in [2.05, 4.69) is 46.5 Å². The van der Waals surface area contributed by atoms with E-state index in [-0.39, 0.29) is 17.5 Å². The molecule has 1 N–H and O–H groups in total. The number of carbonyl (C=O) groups is 1. The van der Waals surface area contributed by atoms with Crippen LogP contribution >= 0.6 is 0 Å². The average molecular weight is 361 g/mol. The maximum atomic E-state index is 13.1. The van der Waals surface area contributed by atoms with Crippen molar-refractivity contribution in [2.45, 2.75) is 32.6 Å². The van der Waals surface area contributed by atoms with Gasteiger partial charge < -0.3 is 5.32 Å². The average Bonchev–Trinajstić information content (AvgIpc) is 2.63. The molecule has 1 aliphatic rings. The molecule has 0 spiro atoms. The fourth-order valence-electron chi connectivity index (χ4n) is 3.57. The number of aryl methyl sites for hydroxylation is 2. The Morgan fingerprint density at radius 1 is 0.963 bits per heavy atom. The summed E-state index contributed by atoms with van der Waals surface area (Å²) < 4.78 is 13.1. The zero-order valence-corrected chi connectivity index (χ0v) is 15.3. The molecule has 1 aromatic heterocycles. The summed E-state index contributed by atoms with van der Waals surface area (Å²) in [6.45, 7) is 3.88. The molecule has 0 aliphatic heterocycles. The molecule has 0 bridgehead atoms.